The van der Waals surface area contributed by atoms with Gasteiger partial charge in [0.2, 0.25) is 0 Å². The van der Waals surface area contributed by atoms with E-state index in [0.29, 0.717) is 0 Å². The molecule has 1 saturated heterocycles. The Morgan fingerprint density at radius 3 is 2.67 bits per heavy atom. The number of thiol groups is 1. The highest BCUT2D eigenvalue weighted by molar-refractivity contribution is 7.80. The second-order valence-corrected chi connectivity index (χ2v) is 5.02. The van der Waals surface area contributed by atoms with E-state index in [1.54, 1.807) is 0 Å². The van der Waals surface area contributed by atoms with Crippen LogP contribution in [0.1, 0.15) is 12.0 Å². The molecule has 96 valence electrons. The summed E-state index contributed by atoms with van der Waals surface area (Å²) in [5, 5.41) is 8.92. The molecule has 2 rings (SSSR count). The van der Waals surface area contributed by atoms with Gasteiger partial charge in [-0.2, -0.15) is 17.9 Å². The quantitative estimate of drug-likeness (QED) is 0.841. The lowest BCUT2D eigenvalue weighted by atomic mass is 10.2. The maximum absolute atomic E-state index is 8.92. The van der Waals surface area contributed by atoms with Gasteiger partial charge in [0.15, 0.2) is 0 Å². The Balaban J connectivity index is 1.91. The molecule has 1 aromatic carbocycles. The maximum atomic E-state index is 8.92. The molecule has 0 amide bonds. The first-order chi connectivity index (χ1) is 8.83. The number of benzene rings is 1. The van der Waals surface area contributed by atoms with Gasteiger partial charge >= 0.3 is 0 Å². The Bertz CT molecular complexity index is 419. The van der Waals surface area contributed by atoms with Crippen molar-refractivity contribution in [2.75, 3.05) is 43.4 Å². The highest BCUT2D eigenvalue weighted by atomic mass is 32.1. The molecule has 1 heterocycles. The average molecular weight is 261 g/mol. The number of rotatable bonds is 4. The van der Waals surface area contributed by atoms with Crippen molar-refractivity contribution in [2.45, 2.75) is 6.42 Å². The van der Waals surface area contributed by atoms with E-state index >= 15 is 0 Å². The van der Waals surface area contributed by atoms with Gasteiger partial charge in [-0.1, -0.05) is 6.07 Å². The van der Waals surface area contributed by atoms with E-state index in [0.717, 1.165) is 50.5 Å². The van der Waals surface area contributed by atoms with Crippen LogP contribution in [0.15, 0.2) is 24.3 Å². The van der Waals surface area contributed by atoms with Gasteiger partial charge < -0.3 is 4.90 Å². The molecule has 0 aromatic heterocycles. The van der Waals surface area contributed by atoms with Gasteiger partial charge in [-0.25, -0.2) is 0 Å². The van der Waals surface area contributed by atoms with Crippen LogP contribution in [0.3, 0.4) is 0 Å². The van der Waals surface area contributed by atoms with Crippen molar-refractivity contribution in [1.82, 2.24) is 4.90 Å². The minimum Gasteiger partial charge on any atom is -0.369 e. The minimum atomic E-state index is 0.741. The largest absolute Gasteiger partial charge is 0.369 e. The van der Waals surface area contributed by atoms with Gasteiger partial charge in [-0.3, -0.25) is 4.90 Å². The summed E-state index contributed by atoms with van der Waals surface area (Å²) in [6.07, 6.45) is 1.16. The van der Waals surface area contributed by atoms with Gasteiger partial charge in [0.05, 0.1) is 11.6 Å². The van der Waals surface area contributed by atoms with Crippen LogP contribution in [-0.2, 0) is 0 Å². The Kier molecular flexibility index (Phi) is 4.91. The Morgan fingerprint density at radius 2 is 2.00 bits per heavy atom. The highest BCUT2D eigenvalue weighted by Gasteiger charge is 2.16. The molecule has 0 unspecified atom stereocenters. The Hall–Kier alpha value is -1.18. The normalized spacial score (nSPS) is 16.6. The molecule has 0 radical (unpaired) electrons. The molecular formula is C14H19N3S. The van der Waals surface area contributed by atoms with Gasteiger partial charge in [0.25, 0.3) is 0 Å². The van der Waals surface area contributed by atoms with E-state index in [9.17, 15) is 0 Å². The fraction of sp³-hybridized carbons (Fsp3) is 0.500. The first-order valence-corrected chi connectivity index (χ1v) is 7.05. The van der Waals surface area contributed by atoms with Crippen LogP contribution >= 0.6 is 12.6 Å². The van der Waals surface area contributed by atoms with Gasteiger partial charge in [-0.15, -0.1) is 0 Å². The van der Waals surface area contributed by atoms with Crippen LogP contribution in [0.4, 0.5) is 5.69 Å². The summed E-state index contributed by atoms with van der Waals surface area (Å²) in [5.74, 6) is 0.963. The zero-order valence-corrected chi connectivity index (χ0v) is 11.4. The number of nitriles is 1. The number of nitrogens with zero attached hydrogens (tertiary/aromatic N) is 3. The first kappa shape index (κ1) is 13.3. The van der Waals surface area contributed by atoms with Crippen molar-refractivity contribution in [3.63, 3.8) is 0 Å². The third-order valence-corrected chi connectivity index (χ3v) is 3.66. The van der Waals surface area contributed by atoms with Crippen molar-refractivity contribution >= 4 is 18.3 Å². The molecule has 1 aromatic rings. The molecule has 3 nitrogen and oxygen atoms in total. The van der Waals surface area contributed by atoms with E-state index in [4.69, 9.17) is 5.26 Å². The van der Waals surface area contributed by atoms with Crippen LogP contribution in [-0.4, -0.2) is 43.4 Å². The standard InChI is InChI=1S/C14H19N3S/c15-12-13-3-1-4-14(11-13)17-8-6-16(7-9-17)5-2-10-18/h1,3-4,11,18H,2,5-10H2. The zero-order chi connectivity index (χ0) is 12.8. The van der Waals surface area contributed by atoms with E-state index in [2.05, 4.69) is 34.6 Å². The summed E-state index contributed by atoms with van der Waals surface area (Å²) in [4.78, 5) is 4.85. The van der Waals surface area contributed by atoms with Crippen molar-refractivity contribution in [3.8, 4) is 6.07 Å². The van der Waals surface area contributed by atoms with Crippen LogP contribution in [0.2, 0.25) is 0 Å². The van der Waals surface area contributed by atoms with E-state index in [-0.39, 0.29) is 0 Å². The minimum absolute atomic E-state index is 0.741. The van der Waals surface area contributed by atoms with Gasteiger partial charge in [-0.05, 0) is 36.9 Å². The van der Waals surface area contributed by atoms with E-state index in [1.165, 1.54) is 5.69 Å². The smallest absolute Gasteiger partial charge is 0.0992 e. The predicted octanol–water partition coefficient (Wildman–Crippen LogP) is 2.00. The highest BCUT2D eigenvalue weighted by Crippen LogP contribution is 2.17. The van der Waals surface area contributed by atoms with Crippen molar-refractivity contribution < 1.29 is 0 Å². The molecule has 1 aliphatic rings. The summed E-state index contributed by atoms with van der Waals surface area (Å²) in [7, 11) is 0. The molecule has 0 spiro atoms. The molecule has 0 saturated carbocycles. The third kappa shape index (κ3) is 3.41. The summed E-state index contributed by atoms with van der Waals surface area (Å²) >= 11 is 4.25. The van der Waals surface area contributed by atoms with Crippen LogP contribution < -0.4 is 4.90 Å². The number of hydrogen-bond acceptors (Lipinski definition) is 4. The molecule has 0 aliphatic carbocycles. The van der Waals surface area contributed by atoms with Crippen molar-refractivity contribution in [2.24, 2.45) is 0 Å². The molecular weight excluding hydrogens is 242 g/mol. The van der Waals surface area contributed by atoms with Crippen molar-refractivity contribution in [3.05, 3.63) is 29.8 Å². The predicted molar refractivity (Wildman–Crippen MR) is 78.3 cm³/mol. The van der Waals surface area contributed by atoms with Gasteiger partial charge in [0.1, 0.15) is 0 Å². The maximum Gasteiger partial charge on any atom is 0.0992 e. The van der Waals surface area contributed by atoms with Crippen LogP contribution in [0, 0.1) is 11.3 Å². The number of piperazine rings is 1. The monoisotopic (exact) mass is 261 g/mol. The molecule has 0 atom stereocenters. The third-order valence-electron chi connectivity index (χ3n) is 3.35. The average Bonchev–Trinajstić information content (AvgIpc) is 2.46. The fourth-order valence-corrected chi connectivity index (χ4v) is 2.44. The second-order valence-electron chi connectivity index (χ2n) is 4.57. The molecule has 4 heteroatoms. The van der Waals surface area contributed by atoms with E-state index < -0.39 is 0 Å². The second kappa shape index (κ2) is 6.67. The zero-order valence-electron chi connectivity index (χ0n) is 10.5. The lowest BCUT2D eigenvalue weighted by Gasteiger charge is -2.36. The summed E-state index contributed by atoms with van der Waals surface area (Å²) in [5.41, 5.74) is 1.91. The summed E-state index contributed by atoms with van der Waals surface area (Å²) in [6, 6.07) is 10.1. The molecule has 0 N–H and O–H groups in total. The lowest BCUT2D eigenvalue weighted by Crippen LogP contribution is -2.46. The van der Waals surface area contributed by atoms with Crippen LogP contribution in [0.5, 0.6) is 0 Å². The summed E-state index contributed by atoms with van der Waals surface area (Å²) in [6.45, 7) is 5.44. The fourth-order valence-electron chi connectivity index (χ4n) is 2.30. The summed E-state index contributed by atoms with van der Waals surface area (Å²) < 4.78 is 0. The van der Waals surface area contributed by atoms with Gasteiger partial charge in [0, 0.05) is 31.9 Å². The topological polar surface area (TPSA) is 30.3 Å². The van der Waals surface area contributed by atoms with Crippen LogP contribution in [0.25, 0.3) is 0 Å². The molecule has 1 aliphatic heterocycles. The molecule has 1 fully saturated rings. The lowest BCUT2D eigenvalue weighted by molar-refractivity contribution is 0.259. The first-order valence-electron chi connectivity index (χ1n) is 6.42. The Labute approximate surface area is 114 Å². The number of hydrogen-bond donors (Lipinski definition) is 1. The number of anilines is 1. The molecule has 18 heavy (non-hydrogen) atoms. The van der Waals surface area contributed by atoms with Crippen molar-refractivity contribution in [1.29, 1.82) is 5.26 Å². The Morgan fingerprint density at radius 1 is 1.22 bits per heavy atom. The SMILES string of the molecule is N#Cc1cccc(N2CCN(CCCS)CC2)c1. The molecule has 0 bridgehead atoms. The van der Waals surface area contributed by atoms with E-state index in [1.807, 2.05) is 18.2 Å².